The van der Waals surface area contributed by atoms with Gasteiger partial charge in [-0.2, -0.15) is 0 Å². The number of hydrogen-bond donors (Lipinski definition) is 9. The van der Waals surface area contributed by atoms with Crippen molar-refractivity contribution in [2.75, 3.05) is 13.2 Å². The normalized spacial score (nSPS) is 20.6. The number of amides is 2. The van der Waals surface area contributed by atoms with Crippen LogP contribution in [0, 0.1) is 0 Å². The molecule has 0 spiro atoms. The Hall–Kier alpha value is -3.43. The van der Waals surface area contributed by atoms with Gasteiger partial charge in [0, 0.05) is 12.8 Å². The van der Waals surface area contributed by atoms with E-state index in [9.17, 15) is 63.9 Å². The molecule has 5 unspecified atom stereocenters. The molecule has 0 saturated carbocycles. The maximum Gasteiger partial charge on any atom is 0.310 e. The minimum atomic E-state index is -5.87. The molecule has 0 aromatic rings. The molecule has 2 saturated heterocycles. The van der Waals surface area contributed by atoms with Crippen LogP contribution in [0.5, 0.6) is 0 Å². The Morgan fingerprint density at radius 2 is 0.672 bits per heavy atom. The summed E-state index contributed by atoms with van der Waals surface area (Å²) in [7, 11) is -5.87. The topological polar surface area (TPSA) is 398 Å². The van der Waals surface area contributed by atoms with Crippen LogP contribution >= 0.6 is 7.82 Å². The molecule has 0 aromatic carbocycles. The second kappa shape index (κ2) is 78.6. The lowest BCUT2D eigenvalue weighted by molar-refractivity contribution is -0.304. The van der Waals surface area contributed by atoms with Gasteiger partial charge in [-0.25, -0.2) is 0 Å². The van der Waals surface area contributed by atoms with Crippen LogP contribution in [0.1, 0.15) is 478 Å². The number of aliphatic hydroxyl groups is 5. The van der Waals surface area contributed by atoms with E-state index in [-0.39, 0.29) is 38.3 Å². The molecule has 2 heterocycles. The van der Waals surface area contributed by atoms with E-state index in [1.54, 1.807) is 0 Å². The summed E-state index contributed by atoms with van der Waals surface area (Å²) in [6.07, 6.45) is 40.2. The van der Waals surface area contributed by atoms with Gasteiger partial charge in [0.1, 0.15) is 48.7 Å². The summed E-state index contributed by atoms with van der Waals surface area (Å²) in [6.45, 7) is 11.2. The SMILES string of the molecule is CCCCCCCCCCCCCC(=O)O[C@H](CCCCCCCCCCC)CC(=O)N[C@H]1C(OC(=O)C[C@H](CCCCCCCCCCC)OC(=O)CCCCCCCCCCCCC)[C@H](OP(=O)([O-])O)C(CO)O[C@H]1OCC1O[C@H](O)[C@@H](NC(=O)C[C@H](O)CCCCCCCCCCC)C(OC(=O)C[C@H](O)CCCCCCCCCCC)[C@@H]1O.[NH4+]. The van der Waals surface area contributed by atoms with Crippen molar-refractivity contribution in [3.05, 3.63) is 0 Å². The average Bonchev–Trinajstić information content (AvgIpc) is 0.785. The van der Waals surface area contributed by atoms with Crippen LogP contribution in [0.2, 0.25) is 0 Å². The van der Waals surface area contributed by atoms with E-state index in [0.29, 0.717) is 44.9 Å². The lowest BCUT2D eigenvalue weighted by Gasteiger charge is -2.47. The number of rotatable bonds is 84. The van der Waals surface area contributed by atoms with Gasteiger partial charge >= 0.3 is 23.9 Å². The van der Waals surface area contributed by atoms with Crippen LogP contribution < -0.4 is 21.7 Å². The van der Waals surface area contributed by atoms with Gasteiger partial charge in [0.25, 0.3) is 7.82 Å². The first kappa shape index (κ1) is 117. The first-order chi connectivity index (χ1) is 58.6. The van der Waals surface area contributed by atoms with Crippen LogP contribution in [0.15, 0.2) is 0 Å². The molecule has 2 aliphatic heterocycles. The predicted molar refractivity (Wildman–Crippen MR) is 483 cm³/mol. The molecule has 122 heavy (non-hydrogen) atoms. The molecule has 15 atom stereocenters. The molecule has 26 heteroatoms. The fraction of sp³-hybridized carbons (Fsp3) is 0.938. The van der Waals surface area contributed by atoms with E-state index in [4.69, 9.17) is 37.7 Å². The highest BCUT2D eigenvalue weighted by Crippen LogP contribution is 2.40. The largest absolute Gasteiger partial charge is 0.756 e. The minimum absolute atomic E-state index is 0. The average molecular weight is 1760 g/mol. The molecule has 2 fully saturated rings. The molecule has 2 aliphatic rings. The van der Waals surface area contributed by atoms with E-state index >= 15 is 4.79 Å². The summed E-state index contributed by atoms with van der Waals surface area (Å²) < 4.78 is 61.5. The van der Waals surface area contributed by atoms with E-state index in [2.05, 4.69) is 52.2 Å². The molecule has 12 N–H and O–H groups in total. The molecular weight excluding hydrogens is 1580 g/mol. The molecule has 0 bridgehead atoms. The lowest BCUT2D eigenvalue weighted by atomic mass is 9.95. The van der Waals surface area contributed by atoms with Crippen molar-refractivity contribution in [2.45, 2.75) is 564 Å². The number of quaternary nitrogens is 1. The quantitative estimate of drug-likeness (QED) is 0.0118. The van der Waals surface area contributed by atoms with Crippen molar-refractivity contribution in [1.82, 2.24) is 16.8 Å². The van der Waals surface area contributed by atoms with Gasteiger partial charge in [0.15, 0.2) is 24.8 Å². The maximum atomic E-state index is 15.1. The molecular formula is C96H184N3O22P. The van der Waals surface area contributed by atoms with Crippen LogP contribution in [0.3, 0.4) is 0 Å². The maximum absolute atomic E-state index is 15.1. The standard InChI is InChI=1S/C96H181N2O22P.H3N/c1-7-13-19-25-31-37-39-45-51-57-63-69-85(104)114-79(67-61-55-49-43-35-29-23-17-11-5)73-84(103)98-90-94(119-88(107)74-80(68-62-56-50-44-36-30-24-18-12-6)115-86(105)70-64-58-52-46-40-38-32-26-20-14-8-2)92(120-121(110,111)112)81(75-99)117-96(90)113-76-82-91(108)93(118-87(106)72-78(101)66-60-54-48-42-34-28-22-16-10-4)89(95(109)116-82)97-83(102)71-77(100)65-59-53-47-41-33-27-21-15-9-3;/h77-82,89-96,99-101,108-109H,7-76H2,1-6H3,(H,97,102)(H,98,103)(H2,110,111,112);1H3/t77-,78-,79-,80+,81?,82?,89+,90+,91-,92-,93?,94?,95+,96-;/m1./s1. The predicted octanol–water partition coefficient (Wildman–Crippen LogP) is 21.0. The van der Waals surface area contributed by atoms with Crippen molar-refractivity contribution in [3.63, 3.8) is 0 Å². The second-order valence-electron chi connectivity index (χ2n) is 35.6. The molecule has 25 nitrogen and oxygen atoms in total. The lowest BCUT2D eigenvalue weighted by Crippen LogP contribution is -2.68. The minimum Gasteiger partial charge on any atom is -0.756 e. The molecule has 720 valence electrons. The number of carbonyl (C=O) groups is 6. The van der Waals surface area contributed by atoms with E-state index in [1.807, 2.05) is 0 Å². The third-order valence-electron chi connectivity index (χ3n) is 24.1. The number of nitrogens with one attached hydrogen (secondary N) is 2. The summed E-state index contributed by atoms with van der Waals surface area (Å²) in [5.74, 6) is -4.61. The van der Waals surface area contributed by atoms with Crippen molar-refractivity contribution in [1.29, 1.82) is 0 Å². The van der Waals surface area contributed by atoms with Crippen LogP contribution in [0.4, 0.5) is 0 Å². The van der Waals surface area contributed by atoms with Crippen molar-refractivity contribution >= 4 is 43.5 Å². The Kier molecular flexibility index (Phi) is 75.1. The highest BCUT2D eigenvalue weighted by Gasteiger charge is 2.53. The Morgan fingerprint density at radius 1 is 0.369 bits per heavy atom. The van der Waals surface area contributed by atoms with Gasteiger partial charge in [0.2, 0.25) is 11.8 Å². The van der Waals surface area contributed by atoms with Gasteiger partial charge in [-0.15, -0.1) is 0 Å². The first-order valence-electron chi connectivity index (χ1n) is 50.0. The fourth-order valence-electron chi connectivity index (χ4n) is 16.7. The Bertz CT molecular complexity index is 2560. The number of phosphoric ester groups is 1. The monoisotopic (exact) mass is 1760 g/mol. The third-order valence-corrected chi connectivity index (χ3v) is 24.6. The molecule has 2 amide bonds. The zero-order chi connectivity index (χ0) is 88.6. The Morgan fingerprint density at radius 3 is 1.03 bits per heavy atom. The zero-order valence-corrected chi connectivity index (χ0v) is 79.1. The van der Waals surface area contributed by atoms with E-state index in [1.165, 1.54) is 122 Å². The number of hydrogen-bond acceptors (Lipinski definition) is 21. The second-order valence-corrected chi connectivity index (χ2v) is 36.8. The molecule has 0 aromatic heterocycles. The number of carbonyl (C=O) groups excluding carboxylic acids is 6. The fourth-order valence-corrected chi connectivity index (χ4v) is 17.3. The molecule has 2 rings (SSSR count). The van der Waals surface area contributed by atoms with Crippen molar-refractivity contribution in [3.8, 4) is 0 Å². The van der Waals surface area contributed by atoms with Crippen LogP contribution in [0.25, 0.3) is 0 Å². The van der Waals surface area contributed by atoms with Gasteiger partial charge in [-0.05, 0) is 51.4 Å². The number of ether oxygens (including phenoxy) is 7. The smallest absolute Gasteiger partial charge is 0.310 e. The molecule has 0 radical (unpaired) electrons. The van der Waals surface area contributed by atoms with Crippen LogP contribution in [-0.4, -0.2) is 165 Å². The summed E-state index contributed by atoms with van der Waals surface area (Å²) in [5.41, 5.74) is 0. The summed E-state index contributed by atoms with van der Waals surface area (Å²) in [4.78, 5) is 109. The highest BCUT2D eigenvalue weighted by atomic mass is 31.2. The van der Waals surface area contributed by atoms with E-state index < -0.39 is 168 Å². The number of esters is 4. The Labute approximate surface area is 740 Å². The summed E-state index contributed by atoms with van der Waals surface area (Å²) >= 11 is 0. The van der Waals surface area contributed by atoms with Crippen molar-refractivity contribution in [2.24, 2.45) is 0 Å². The summed E-state index contributed by atoms with van der Waals surface area (Å²) in [6, 6.07) is -3.50. The van der Waals surface area contributed by atoms with Crippen LogP contribution in [-0.2, 0) is 71.0 Å². The number of phosphoric acid groups is 1. The first-order valence-corrected chi connectivity index (χ1v) is 51.5. The summed E-state index contributed by atoms with van der Waals surface area (Å²) in [5, 5.41) is 63.2. The van der Waals surface area contributed by atoms with E-state index in [0.717, 1.165) is 212 Å². The highest BCUT2D eigenvalue weighted by molar-refractivity contribution is 7.44. The number of unbranched alkanes of at least 4 members (excludes halogenated alkanes) is 52. The van der Waals surface area contributed by atoms with Gasteiger partial charge in [0.05, 0.1) is 51.1 Å². The Balaban J connectivity index is 0.0000744. The van der Waals surface area contributed by atoms with Crippen molar-refractivity contribution < 1.29 is 106 Å². The van der Waals surface area contributed by atoms with Gasteiger partial charge in [-0.3, -0.25) is 33.3 Å². The van der Waals surface area contributed by atoms with Gasteiger partial charge in [-0.1, -0.05) is 388 Å². The zero-order valence-electron chi connectivity index (χ0n) is 78.2. The number of aliphatic hydroxyl groups excluding tert-OH is 5. The third kappa shape index (κ3) is 61.9. The van der Waals surface area contributed by atoms with Gasteiger partial charge < -0.3 is 89.8 Å². The molecule has 0 aliphatic carbocycles.